The Morgan fingerprint density at radius 3 is 2.76 bits per heavy atom. The number of nitrogens with two attached hydrogens (primary N) is 1. The summed E-state index contributed by atoms with van der Waals surface area (Å²) >= 11 is 0. The van der Waals surface area contributed by atoms with Crippen molar-refractivity contribution in [3.8, 4) is 0 Å². The summed E-state index contributed by atoms with van der Waals surface area (Å²) in [7, 11) is 0. The van der Waals surface area contributed by atoms with Crippen LogP contribution < -0.4 is 11.1 Å². The molecule has 1 heterocycles. The van der Waals surface area contributed by atoms with Crippen molar-refractivity contribution in [3.63, 3.8) is 0 Å². The molecular weight excluding hydrogens is 272 g/mol. The second-order valence-corrected chi connectivity index (χ2v) is 4.71. The van der Waals surface area contributed by atoms with E-state index in [1.807, 2.05) is 18.2 Å². The summed E-state index contributed by atoms with van der Waals surface area (Å²) in [6.07, 6.45) is 3.40. The Morgan fingerprint density at radius 2 is 1.95 bits per heavy atom. The van der Waals surface area contributed by atoms with Gasteiger partial charge in [0.15, 0.2) is 0 Å². The van der Waals surface area contributed by atoms with Crippen LogP contribution in [-0.2, 0) is 6.54 Å². The number of benzene rings is 2. The van der Waals surface area contributed by atoms with E-state index in [-0.39, 0.29) is 6.54 Å². The average molecular weight is 285 g/mol. The van der Waals surface area contributed by atoms with Crippen molar-refractivity contribution in [1.82, 2.24) is 4.98 Å². The SMILES string of the molecule is Nc1c(NCc2ccc(F)cc2F)ccc2cnccc12. The number of halogens is 2. The number of aromatic nitrogens is 1. The van der Waals surface area contributed by atoms with Gasteiger partial charge in [-0.15, -0.1) is 0 Å². The zero-order chi connectivity index (χ0) is 14.8. The Kier molecular flexibility index (Phi) is 3.39. The fraction of sp³-hybridized carbons (Fsp3) is 0.0625. The van der Waals surface area contributed by atoms with Crippen molar-refractivity contribution < 1.29 is 8.78 Å². The number of nitrogen functional groups attached to an aromatic ring is 1. The van der Waals surface area contributed by atoms with Gasteiger partial charge in [-0.05, 0) is 18.2 Å². The molecule has 0 aliphatic rings. The normalized spacial score (nSPS) is 10.8. The minimum absolute atomic E-state index is 0.229. The van der Waals surface area contributed by atoms with Gasteiger partial charge in [-0.25, -0.2) is 8.78 Å². The van der Waals surface area contributed by atoms with E-state index in [1.165, 1.54) is 12.1 Å². The molecule has 0 spiro atoms. The molecule has 0 bridgehead atoms. The summed E-state index contributed by atoms with van der Waals surface area (Å²) in [5, 5.41) is 4.90. The van der Waals surface area contributed by atoms with Gasteiger partial charge in [0.2, 0.25) is 0 Å². The maximum absolute atomic E-state index is 13.6. The van der Waals surface area contributed by atoms with Crippen molar-refractivity contribution in [2.24, 2.45) is 0 Å². The van der Waals surface area contributed by atoms with Crippen LogP contribution in [0, 0.1) is 11.6 Å². The molecule has 0 atom stereocenters. The van der Waals surface area contributed by atoms with Crippen LogP contribution in [0.3, 0.4) is 0 Å². The third-order valence-electron chi connectivity index (χ3n) is 3.35. The lowest BCUT2D eigenvalue weighted by Gasteiger charge is -2.12. The second-order valence-electron chi connectivity index (χ2n) is 4.71. The fourth-order valence-corrected chi connectivity index (χ4v) is 2.20. The van der Waals surface area contributed by atoms with Crippen molar-refractivity contribution in [1.29, 1.82) is 0 Å². The minimum Gasteiger partial charge on any atom is -0.397 e. The molecule has 0 aliphatic carbocycles. The monoisotopic (exact) mass is 285 g/mol. The Hall–Kier alpha value is -2.69. The lowest BCUT2D eigenvalue weighted by molar-refractivity contribution is 0.574. The molecule has 5 heteroatoms. The highest BCUT2D eigenvalue weighted by Gasteiger charge is 2.07. The number of hydrogen-bond donors (Lipinski definition) is 2. The molecule has 3 aromatic rings. The van der Waals surface area contributed by atoms with Gasteiger partial charge >= 0.3 is 0 Å². The topological polar surface area (TPSA) is 50.9 Å². The van der Waals surface area contributed by atoms with E-state index >= 15 is 0 Å². The van der Waals surface area contributed by atoms with Crippen LogP contribution in [0.25, 0.3) is 10.8 Å². The van der Waals surface area contributed by atoms with Gasteiger partial charge in [0.05, 0.1) is 11.4 Å². The van der Waals surface area contributed by atoms with E-state index in [2.05, 4.69) is 10.3 Å². The van der Waals surface area contributed by atoms with Crippen LogP contribution in [0.1, 0.15) is 5.56 Å². The zero-order valence-electron chi connectivity index (χ0n) is 11.1. The van der Waals surface area contributed by atoms with Gasteiger partial charge < -0.3 is 11.1 Å². The van der Waals surface area contributed by atoms with Gasteiger partial charge in [0.1, 0.15) is 11.6 Å². The lowest BCUT2D eigenvalue weighted by atomic mass is 10.1. The number of nitrogens with zero attached hydrogens (tertiary/aromatic N) is 1. The second kappa shape index (κ2) is 5.36. The molecule has 0 aliphatic heterocycles. The molecule has 0 radical (unpaired) electrons. The Labute approximate surface area is 120 Å². The summed E-state index contributed by atoms with van der Waals surface area (Å²) in [6, 6.07) is 9.05. The molecule has 0 amide bonds. The van der Waals surface area contributed by atoms with Crippen LogP contribution in [0.15, 0.2) is 48.8 Å². The molecule has 2 aromatic carbocycles. The summed E-state index contributed by atoms with van der Waals surface area (Å²) in [6.45, 7) is 0.229. The maximum atomic E-state index is 13.6. The van der Waals surface area contributed by atoms with Gasteiger partial charge in [-0.3, -0.25) is 4.98 Å². The smallest absolute Gasteiger partial charge is 0.131 e. The summed E-state index contributed by atoms with van der Waals surface area (Å²) in [5.41, 5.74) is 7.77. The third-order valence-corrected chi connectivity index (χ3v) is 3.35. The van der Waals surface area contributed by atoms with Gasteiger partial charge in [-0.2, -0.15) is 0 Å². The minimum atomic E-state index is -0.589. The van der Waals surface area contributed by atoms with Gasteiger partial charge in [0.25, 0.3) is 0 Å². The molecule has 0 unspecified atom stereocenters. The molecule has 106 valence electrons. The standard InChI is InChI=1S/C16H13F2N3/c17-12-3-1-11(14(18)7-12)9-21-15-4-2-10-8-20-6-5-13(10)16(15)19/h1-8,21H,9,19H2. The first-order chi connectivity index (χ1) is 10.1. The average Bonchev–Trinajstić information content (AvgIpc) is 2.48. The van der Waals surface area contributed by atoms with Crippen LogP contribution in [0.2, 0.25) is 0 Å². The highest BCUT2D eigenvalue weighted by molar-refractivity contribution is 5.98. The fourth-order valence-electron chi connectivity index (χ4n) is 2.20. The van der Waals surface area contributed by atoms with E-state index in [0.717, 1.165) is 16.8 Å². The third kappa shape index (κ3) is 2.63. The number of pyridine rings is 1. The Morgan fingerprint density at radius 1 is 1.10 bits per heavy atom. The molecule has 3 N–H and O–H groups in total. The predicted molar refractivity (Wildman–Crippen MR) is 79.8 cm³/mol. The van der Waals surface area contributed by atoms with Crippen LogP contribution in [-0.4, -0.2) is 4.98 Å². The largest absolute Gasteiger partial charge is 0.397 e. The van der Waals surface area contributed by atoms with Gasteiger partial charge in [0, 0.05) is 41.3 Å². The van der Waals surface area contributed by atoms with Crippen molar-refractivity contribution in [2.45, 2.75) is 6.54 Å². The van der Waals surface area contributed by atoms with Crippen LogP contribution in [0.4, 0.5) is 20.2 Å². The molecule has 1 aromatic heterocycles. The molecule has 0 saturated heterocycles. The summed E-state index contributed by atoms with van der Waals surface area (Å²) in [4.78, 5) is 4.04. The first-order valence-corrected chi connectivity index (χ1v) is 6.45. The van der Waals surface area contributed by atoms with Crippen molar-refractivity contribution in [3.05, 3.63) is 66.0 Å². The molecule has 0 saturated carbocycles. The molecule has 3 rings (SSSR count). The van der Waals surface area contributed by atoms with Crippen molar-refractivity contribution in [2.75, 3.05) is 11.1 Å². The summed E-state index contributed by atoms with van der Waals surface area (Å²) in [5.74, 6) is -1.17. The number of anilines is 2. The zero-order valence-corrected chi connectivity index (χ0v) is 11.1. The number of fused-ring (bicyclic) bond motifs is 1. The molecule has 0 fully saturated rings. The molecular formula is C16H13F2N3. The first kappa shape index (κ1) is 13.3. The lowest BCUT2D eigenvalue weighted by Crippen LogP contribution is -2.04. The summed E-state index contributed by atoms with van der Waals surface area (Å²) < 4.78 is 26.5. The first-order valence-electron chi connectivity index (χ1n) is 6.45. The van der Waals surface area contributed by atoms with Gasteiger partial charge in [-0.1, -0.05) is 12.1 Å². The number of hydrogen-bond acceptors (Lipinski definition) is 3. The molecule has 21 heavy (non-hydrogen) atoms. The van der Waals surface area contributed by atoms with Crippen molar-refractivity contribution >= 4 is 22.1 Å². The predicted octanol–water partition coefficient (Wildman–Crippen LogP) is 3.71. The maximum Gasteiger partial charge on any atom is 0.131 e. The Balaban J connectivity index is 1.87. The number of nitrogens with one attached hydrogen (secondary N) is 1. The van der Waals surface area contributed by atoms with E-state index < -0.39 is 11.6 Å². The quantitative estimate of drug-likeness (QED) is 0.721. The van der Waals surface area contributed by atoms with Crippen LogP contribution in [0.5, 0.6) is 0 Å². The van der Waals surface area contributed by atoms with Crippen LogP contribution >= 0.6 is 0 Å². The van der Waals surface area contributed by atoms with E-state index in [1.54, 1.807) is 12.4 Å². The number of rotatable bonds is 3. The highest BCUT2D eigenvalue weighted by Crippen LogP contribution is 2.28. The molecule has 3 nitrogen and oxygen atoms in total. The van der Waals surface area contributed by atoms with E-state index in [4.69, 9.17) is 5.73 Å². The van der Waals surface area contributed by atoms with E-state index in [9.17, 15) is 8.78 Å². The van der Waals surface area contributed by atoms with E-state index in [0.29, 0.717) is 16.9 Å². The Bertz CT molecular complexity index is 803. The highest BCUT2D eigenvalue weighted by atomic mass is 19.1.